The van der Waals surface area contributed by atoms with Gasteiger partial charge in [0.2, 0.25) is 0 Å². The maximum Gasteiger partial charge on any atom is 0.281 e. The molecule has 1 N–H and O–H groups in total. The largest absolute Gasteiger partial charge is 0.489 e. The highest BCUT2D eigenvalue weighted by Crippen LogP contribution is 2.25. The first kappa shape index (κ1) is 18.8. The van der Waals surface area contributed by atoms with Gasteiger partial charge in [-0.15, -0.1) is 0 Å². The van der Waals surface area contributed by atoms with E-state index in [2.05, 4.69) is 5.32 Å². The fourth-order valence-electron chi connectivity index (χ4n) is 2.99. The second-order valence-electron chi connectivity index (χ2n) is 6.43. The second kappa shape index (κ2) is 8.24. The zero-order valence-corrected chi connectivity index (χ0v) is 16.2. The minimum atomic E-state index is -0.512. The third kappa shape index (κ3) is 4.17. The molecule has 1 heterocycles. The van der Waals surface area contributed by atoms with Gasteiger partial charge in [-0.25, -0.2) is 9.29 Å². The van der Waals surface area contributed by atoms with Crippen LogP contribution in [0.15, 0.2) is 84.6 Å². The summed E-state index contributed by atoms with van der Waals surface area (Å²) in [6, 6.07) is 23.3. The van der Waals surface area contributed by atoms with Crippen LogP contribution in [0.25, 0.3) is 6.08 Å². The van der Waals surface area contributed by atoms with Crippen LogP contribution in [0.5, 0.6) is 5.75 Å². The lowest BCUT2D eigenvalue weighted by Gasteiger charge is -2.14. The minimum absolute atomic E-state index is 0.123. The van der Waals surface area contributed by atoms with Crippen molar-refractivity contribution in [1.82, 2.24) is 5.32 Å². The van der Waals surface area contributed by atoms with E-state index >= 15 is 0 Å². The van der Waals surface area contributed by atoms with Gasteiger partial charge in [0.1, 0.15) is 23.9 Å². The van der Waals surface area contributed by atoms with E-state index < -0.39 is 11.7 Å². The van der Waals surface area contributed by atoms with E-state index in [-0.39, 0.29) is 16.5 Å². The van der Waals surface area contributed by atoms with Crippen molar-refractivity contribution in [2.45, 2.75) is 6.61 Å². The Balaban J connectivity index is 1.53. The highest BCUT2D eigenvalue weighted by molar-refractivity contribution is 7.80. The molecule has 0 saturated carbocycles. The molecule has 0 aromatic heterocycles. The molecule has 1 fully saturated rings. The molecule has 0 atom stereocenters. The fraction of sp³-hybridized carbons (Fsp3) is 0.0435. The number of hydrogen-bond donors (Lipinski definition) is 1. The van der Waals surface area contributed by atoms with Crippen molar-refractivity contribution in [3.63, 3.8) is 0 Å². The van der Waals surface area contributed by atoms with Crippen LogP contribution in [-0.4, -0.2) is 11.0 Å². The number of nitrogens with one attached hydrogen (secondary N) is 1. The number of anilines is 1. The van der Waals surface area contributed by atoms with Crippen LogP contribution >= 0.6 is 12.2 Å². The first-order valence-electron chi connectivity index (χ1n) is 9.00. The van der Waals surface area contributed by atoms with Gasteiger partial charge in [0.05, 0.1) is 5.69 Å². The Morgan fingerprint density at radius 3 is 2.55 bits per heavy atom. The summed E-state index contributed by atoms with van der Waals surface area (Å²) >= 11 is 5.24. The molecule has 3 aromatic rings. The second-order valence-corrected chi connectivity index (χ2v) is 6.81. The molecule has 29 heavy (non-hydrogen) atoms. The van der Waals surface area contributed by atoms with Crippen molar-refractivity contribution in [2.75, 3.05) is 4.90 Å². The fourth-order valence-corrected chi connectivity index (χ4v) is 3.28. The van der Waals surface area contributed by atoms with Gasteiger partial charge in [0.25, 0.3) is 5.91 Å². The Labute approximate surface area is 173 Å². The number of thiocarbonyl (C=S) groups is 1. The van der Waals surface area contributed by atoms with Gasteiger partial charge in [0.15, 0.2) is 5.11 Å². The summed E-state index contributed by atoms with van der Waals surface area (Å²) in [6.07, 6.45) is 1.67. The Kier molecular flexibility index (Phi) is 5.35. The standard InChI is InChI=1S/C23H17FN2O2S/c24-19-11-4-5-12-21(19)26-22(27)20(25-23(26)29)14-17-9-6-10-18(13-17)28-15-16-7-2-1-3-8-16/h1-14H,15H2,(H,25,29)/b20-14+. The smallest absolute Gasteiger partial charge is 0.281 e. The maximum absolute atomic E-state index is 14.1. The zero-order valence-electron chi connectivity index (χ0n) is 15.3. The quantitative estimate of drug-likeness (QED) is 0.496. The molecule has 0 radical (unpaired) electrons. The van der Waals surface area contributed by atoms with E-state index in [1.807, 2.05) is 54.6 Å². The lowest BCUT2D eigenvalue weighted by molar-refractivity contribution is -0.113. The predicted molar refractivity (Wildman–Crippen MR) is 115 cm³/mol. The summed E-state index contributed by atoms with van der Waals surface area (Å²) < 4.78 is 19.9. The maximum atomic E-state index is 14.1. The number of nitrogens with zero attached hydrogens (tertiary/aromatic N) is 1. The van der Waals surface area contributed by atoms with Crippen molar-refractivity contribution >= 4 is 35.0 Å². The molecule has 4 nitrogen and oxygen atoms in total. The van der Waals surface area contributed by atoms with Crippen LogP contribution in [0, 0.1) is 5.82 Å². The number of ether oxygens (including phenoxy) is 1. The number of carbonyl (C=O) groups excluding carboxylic acids is 1. The molecule has 144 valence electrons. The van der Waals surface area contributed by atoms with Gasteiger partial charge in [-0.2, -0.15) is 0 Å². The summed E-state index contributed by atoms with van der Waals surface area (Å²) in [5.74, 6) is -0.236. The van der Waals surface area contributed by atoms with Crippen LogP contribution < -0.4 is 15.0 Å². The number of halogens is 1. The van der Waals surface area contributed by atoms with Crippen LogP contribution in [0.1, 0.15) is 11.1 Å². The average molecular weight is 404 g/mol. The number of amides is 1. The summed E-state index contributed by atoms with van der Waals surface area (Å²) in [4.78, 5) is 13.9. The van der Waals surface area contributed by atoms with Gasteiger partial charge in [-0.3, -0.25) is 4.79 Å². The molecule has 6 heteroatoms. The molecule has 0 bridgehead atoms. The summed E-state index contributed by atoms with van der Waals surface area (Å²) in [6.45, 7) is 0.448. The van der Waals surface area contributed by atoms with E-state index in [1.165, 1.54) is 12.1 Å². The van der Waals surface area contributed by atoms with Crippen LogP contribution in [0.2, 0.25) is 0 Å². The molecule has 3 aromatic carbocycles. The van der Waals surface area contributed by atoms with E-state index in [0.29, 0.717) is 12.4 Å². The first-order chi connectivity index (χ1) is 14.1. The third-order valence-electron chi connectivity index (χ3n) is 4.39. The van der Waals surface area contributed by atoms with Gasteiger partial charge in [-0.05, 0) is 53.7 Å². The number of benzene rings is 3. The lowest BCUT2D eigenvalue weighted by atomic mass is 10.1. The van der Waals surface area contributed by atoms with E-state index in [9.17, 15) is 9.18 Å². The van der Waals surface area contributed by atoms with Crippen molar-refractivity contribution in [2.24, 2.45) is 0 Å². The summed E-state index contributed by atoms with van der Waals surface area (Å²) in [7, 11) is 0. The van der Waals surface area contributed by atoms with Crippen molar-refractivity contribution in [1.29, 1.82) is 0 Å². The normalized spacial score (nSPS) is 14.9. The predicted octanol–water partition coefficient (Wildman–Crippen LogP) is 4.67. The Hall–Kier alpha value is -3.51. The van der Waals surface area contributed by atoms with Crippen molar-refractivity contribution in [3.05, 3.63) is 102 Å². The third-order valence-corrected chi connectivity index (χ3v) is 4.67. The molecule has 1 aliphatic rings. The number of para-hydroxylation sites is 1. The molecule has 4 rings (SSSR count). The highest BCUT2D eigenvalue weighted by atomic mass is 32.1. The van der Waals surface area contributed by atoms with Gasteiger partial charge in [0, 0.05) is 0 Å². The molecule has 1 aliphatic heterocycles. The minimum Gasteiger partial charge on any atom is -0.489 e. The summed E-state index contributed by atoms with van der Waals surface area (Å²) in [5.41, 5.74) is 2.23. The molecule has 1 saturated heterocycles. The highest BCUT2D eigenvalue weighted by Gasteiger charge is 2.33. The Morgan fingerprint density at radius 2 is 1.76 bits per heavy atom. The Bertz CT molecular complexity index is 1100. The first-order valence-corrected chi connectivity index (χ1v) is 9.41. The van der Waals surface area contributed by atoms with Gasteiger partial charge < -0.3 is 10.1 Å². The SMILES string of the molecule is O=C1/C(=C\c2cccc(OCc3ccccc3)c2)NC(=S)N1c1ccccc1F. The van der Waals surface area contributed by atoms with E-state index in [1.54, 1.807) is 18.2 Å². The molecule has 0 unspecified atom stereocenters. The lowest BCUT2D eigenvalue weighted by Crippen LogP contribution is -2.31. The van der Waals surface area contributed by atoms with E-state index in [4.69, 9.17) is 17.0 Å². The van der Waals surface area contributed by atoms with Crippen molar-refractivity contribution in [3.8, 4) is 5.75 Å². The van der Waals surface area contributed by atoms with E-state index in [0.717, 1.165) is 16.0 Å². The average Bonchev–Trinajstić information content (AvgIpc) is 3.01. The topological polar surface area (TPSA) is 41.6 Å². The number of carbonyl (C=O) groups is 1. The molecule has 1 amide bonds. The van der Waals surface area contributed by atoms with Crippen molar-refractivity contribution < 1.29 is 13.9 Å². The molecular formula is C23H17FN2O2S. The Morgan fingerprint density at radius 1 is 1.00 bits per heavy atom. The number of rotatable bonds is 5. The molecule has 0 spiro atoms. The van der Waals surface area contributed by atoms with Crippen LogP contribution in [0.3, 0.4) is 0 Å². The number of hydrogen-bond acceptors (Lipinski definition) is 3. The zero-order chi connectivity index (χ0) is 20.2. The monoisotopic (exact) mass is 404 g/mol. The molecule has 0 aliphatic carbocycles. The van der Waals surface area contributed by atoms with Crippen LogP contribution in [0.4, 0.5) is 10.1 Å². The van der Waals surface area contributed by atoms with Gasteiger partial charge in [-0.1, -0.05) is 54.6 Å². The van der Waals surface area contributed by atoms with Gasteiger partial charge >= 0.3 is 0 Å². The molecular weight excluding hydrogens is 387 g/mol. The van der Waals surface area contributed by atoms with Crippen LogP contribution in [-0.2, 0) is 11.4 Å². The summed E-state index contributed by atoms with van der Waals surface area (Å²) in [5, 5.41) is 3.01.